The number of rotatable bonds is 12. The van der Waals surface area contributed by atoms with Crippen LogP contribution in [0.5, 0.6) is 0 Å². The minimum atomic E-state index is -1.72. The molecule has 3 aliphatic rings. The van der Waals surface area contributed by atoms with Crippen molar-refractivity contribution in [3.05, 3.63) is 83.1 Å². The van der Waals surface area contributed by atoms with E-state index in [1.807, 2.05) is 76.3 Å². The minimum Gasteiger partial charge on any atom is -0.429 e. The Morgan fingerprint density at radius 1 is 0.674 bits per heavy atom. The Morgan fingerprint density at radius 2 is 1.28 bits per heavy atom. The van der Waals surface area contributed by atoms with Gasteiger partial charge in [0.25, 0.3) is 0 Å². The molecule has 3 aliphatic heterocycles. The highest BCUT2D eigenvalue weighted by molar-refractivity contribution is 5.88. The number of aliphatic hydroxyl groups is 5. The summed E-state index contributed by atoms with van der Waals surface area (Å²) in [6, 6.07) is 0. The molecule has 238 valence electrons. The molecular weight excluding hydrogens is 560 g/mol. The third kappa shape index (κ3) is 10.2. The summed E-state index contributed by atoms with van der Waals surface area (Å²) >= 11 is 0. The van der Waals surface area contributed by atoms with E-state index in [0.717, 1.165) is 11.1 Å². The minimum absolute atomic E-state index is 0.207. The lowest BCUT2D eigenvalue weighted by Gasteiger charge is -2.40. The molecule has 0 aromatic carbocycles. The monoisotopic (exact) mass is 604 g/mol. The molecular formula is C32H44O11. The molecule has 0 spiro atoms. The highest BCUT2D eigenvalue weighted by Gasteiger charge is 2.58. The van der Waals surface area contributed by atoms with E-state index in [2.05, 4.69) is 0 Å². The molecule has 5 N–H and O–H groups in total. The van der Waals surface area contributed by atoms with Crippen LogP contribution >= 0.6 is 0 Å². The van der Waals surface area contributed by atoms with Crippen molar-refractivity contribution in [3.63, 3.8) is 0 Å². The zero-order chi connectivity index (χ0) is 31.7. The Balaban J connectivity index is 1.51. The van der Waals surface area contributed by atoms with E-state index in [9.17, 15) is 30.3 Å². The third-order valence-corrected chi connectivity index (χ3v) is 6.99. The number of esters is 1. The smallest absolute Gasteiger partial charge is 0.336 e. The zero-order valence-electron chi connectivity index (χ0n) is 25.1. The van der Waals surface area contributed by atoms with Gasteiger partial charge in [-0.25, -0.2) is 4.79 Å². The topological polar surface area (TPSA) is 168 Å². The Bertz CT molecular complexity index is 1160. The number of aliphatic hydroxyl groups excluding tert-OH is 5. The van der Waals surface area contributed by atoms with E-state index < -0.39 is 67.4 Å². The van der Waals surface area contributed by atoms with Crippen LogP contribution in [0.1, 0.15) is 34.6 Å². The average Bonchev–Trinajstić information content (AvgIpc) is 3.77. The van der Waals surface area contributed by atoms with Gasteiger partial charge < -0.3 is 49.2 Å². The lowest BCUT2D eigenvalue weighted by molar-refractivity contribution is -0.308. The molecule has 0 radical (unpaired) electrons. The number of hydrogen-bond donors (Lipinski definition) is 5. The molecule has 3 rings (SSSR count). The third-order valence-electron chi connectivity index (χ3n) is 6.99. The first kappa shape index (κ1) is 34.8. The van der Waals surface area contributed by atoms with Gasteiger partial charge in [-0.3, -0.25) is 0 Å². The summed E-state index contributed by atoms with van der Waals surface area (Å²) in [6.45, 7) is 8.82. The van der Waals surface area contributed by atoms with Gasteiger partial charge >= 0.3 is 5.97 Å². The van der Waals surface area contributed by atoms with Gasteiger partial charge in [-0.05, 0) is 34.6 Å². The summed E-state index contributed by atoms with van der Waals surface area (Å²) in [4.78, 5) is 12.6. The van der Waals surface area contributed by atoms with Crippen LogP contribution in [0, 0.1) is 0 Å². The zero-order valence-corrected chi connectivity index (χ0v) is 25.1. The predicted molar refractivity (Wildman–Crippen MR) is 157 cm³/mol. The lowest BCUT2D eigenvalue weighted by atomic mass is 9.99. The standard InChI is InChI=1S/C32H44O11/c1-18(2)10-8-13-19(3)11-6-7-12-20(4)14-9-15-21(5)30(38)43-32-26(36)25(35)24(34)23(41-32)17-39-31-27(37)29-28(42-29)22(16-33)40-31/h6-15,22-29,31-37H,16-17H2,1-5H3/b7-6+,13-8+,14-9+,19-11+,20-12+,21-15+. The quantitative estimate of drug-likeness (QED) is 0.0951. The van der Waals surface area contributed by atoms with Crippen molar-refractivity contribution in [2.45, 2.75) is 96.0 Å². The second kappa shape index (κ2) is 16.4. The highest BCUT2D eigenvalue weighted by Crippen LogP contribution is 2.38. The molecule has 10 unspecified atom stereocenters. The number of fused-ring (bicyclic) bond motifs is 1. The molecule has 3 heterocycles. The molecule has 3 fully saturated rings. The Morgan fingerprint density at radius 3 is 1.88 bits per heavy atom. The number of epoxide rings is 1. The number of ether oxygens (including phenoxy) is 5. The molecule has 0 aromatic heterocycles. The first-order valence-corrected chi connectivity index (χ1v) is 14.2. The van der Waals surface area contributed by atoms with E-state index >= 15 is 0 Å². The highest BCUT2D eigenvalue weighted by atomic mass is 16.8. The molecule has 10 atom stereocenters. The van der Waals surface area contributed by atoms with Gasteiger partial charge in [-0.15, -0.1) is 0 Å². The number of carbonyl (C=O) groups excluding carboxylic acids is 1. The van der Waals surface area contributed by atoms with Crippen LogP contribution in [0.3, 0.4) is 0 Å². The second-order valence-electron chi connectivity index (χ2n) is 11.1. The summed E-state index contributed by atoms with van der Waals surface area (Å²) in [6.07, 6.45) is 7.09. The summed E-state index contributed by atoms with van der Waals surface area (Å²) in [5, 5.41) is 50.8. The second-order valence-corrected chi connectivity index (χ2v) is 11.1. The van der Waals surface area contributed by atoms with Crippen LogP contribution in [0.25, 0.3) is 0 Å². The van der Waals surface area contributed by atoms with Crippen molar-refractivity contribution >= 4 is 5.97 Å². The van der Waals surface area contributed by atoms with Gasteiger partial charge in [0.15, 0.2) is 6.29 Å². The van der Waals surface area contributed by atoms with Crippen molar-refractivity contribution in [1.82, 2.24) is 0 Å². The number of carbonyl (C=O) groups is 1. The summed E-state index contributed by atoms with van der Waals surface area (Å²) in [5.74, 6) is -0.797. The van der Waals surface area contributed by atoms with Crippen molar-refractivity contribution in [3.8, 4) is 0 Å². The SMILES string of the molecule is CC(C)=C/C=C/C(C)=C/C=C/C=C(C)/C=C/C=C(\C)C(=O)OC1OC(COC2OC(CO)C3OC3C2O)C(O)C(O)C1O. The lowest BCUT2D eigenvalue weighted by Crippen LogP contribution is -2.60. The van der Waals surface area contributed by atoms with Crippen LogP contribution in [0.4, 0.5) is 0 Å². The average molecular weight is 605 g/mol. The molecule has 11 nitrogen and oxygen atoms in total. The van der Waals surface area contributed by atoms with Crippen molar-refractivity contribution in [2.75, 3.05) is 13.2 Å². The summed E-state index contributed by atoms with van der Waals surface area (Å²) < 4.78 is 27.1. The Kier molecular flexibility index (Phi) is 13.3. The maximum Gasteiger partial charge on any atom is 0.336 e. The van der Waals surface area contributed by atoms with Crippen molar-refractivity contribution in [2.24, 2.45) is 0 Å². The van der Waals surface area contributed by atoms with E-state index in [1.165, 1.54) is 18.6 Å². The van der Waals surface area contributed by atoms with Crippen LogP contribution in [0.2, 0.25) is 0 Å². The maximum absolute atomic E-state index is 12.6. The van der Waals surface area contributed by atoms with E-state index in [4.69, 9.17) is 23.7 Å². The van der Waals surface area contributed by atoms with Crippen LogP contribution < -0.4 is 0 Å². The maximum atomic E-state index is 12.6. The Hall–Kier alpha value is -2.71. The molecule has 0 bridgehead atoms. The molecule has 43 heavy (non-hydrogen) atoms. The van der Waals surface area contributed by atoms with Gasteiger partial charge in [0.2, 0.25) is 6.29 Å². The van der Waals surface area contributed by atoms with Gasteiger partial charge in [-0.1, -0.05) is 77.5 Å². The predicted octanol–water partition coefficient (Wildman–Crippen LogP) is 1.67. The van der Waals surface area contributed by atoms with Crippen molar-refractivity contribution < 1.29 is 54.0 Å². The van der Waals surface area contributed by atoms with E-state index in [1.54, 1.807) is 6.08 Å². The van der Waals surface area contributed by atoms with Crippen LogP contribution in [-0.2, 0) is 28.5 Å². The molecule has 0 amide bonds. The molecule has 0 aliphatic carbocycles. The first-order valence-electron chi connectivity index (χ1n) is 14.2. The van der Waals surface area contributed by atoms with E-state index in [0.29, 0.717) is 0 Å². The molecule has 0 aromatic rings. The fourth-order valence-corrected chi connectivity index (χ4v) is 4.35. The first-order chi connectivity index (χ1) is 20.4. The summed E-state index contributed by atoms with van der Waals surface area (Å²) in [7, 11) is 0. The van der Waals surface area contributed by atoms with E-state index in [-0.39, 0.29) is 18.8 Å². The fraction of sp³-hybridized carbons (Fsp3) is 0.531. The molecule has 11 heteroatoms. The fourth-order valence-electron chi connectivity index (χ4n) is 4.35. The van der Waals surface area contributed by atoms with Crippen LogP contribution in [-0.4, -0.2) is 106 Å². The van der Waals surface area contributed by atoms with Gasteiger partial charge in [0.05, 0.1) is 13.2 Å². The Labute approximate surface area is 252 Å². The van der Waals surface area contributed by atoms with Crippen LogP contribution in [0.15, 0.2) is 83.1 Å². The van der Waals surface area contributed by atoms with Gasteiger partial charge in [-0.2, -0.15) is 0 Å². The largest absolute Gasteiger partial charge is 0.429 e. The normalized spacial score (nSPS) is 35.4. The number of allylic oxidation sites excluding steroid dienone is 13. The van der Waals surface area contributed by atoms with Crippen molar-refractivity contribution in [1.29, 1.82) is 0 Å². The summed E-state index contributed by atoms with van der Waals surface area (Å²) in [5.41, 5.74) is 3.49. The van der Waals surface area contributed by atoms with Gasteiger partial charge in [0.1, 0.15) is 48.8 Å². The molecule has 0 saturated carbocycles. The van der Waals surface area contributed by atoms with Gasteiger partial charge in [0, 0.05) is 5.57 Å². The number of hydrogen-bond acceptors (Lipinski definition) is 11. The molecule has 3 saturated heterocycles.